The summed E-state index contributed by atoms with van der Waals surface area (Å²) in [6, 6.07) is 7.27. The second kappa shape index (κ2) is 7.92. The molecule has 3 rings (SSSR count). The second-order valence-electron chi connectivity index (χ2n) is 5.58. The van der Waals surface area contributed by atoms with Gasteiger partial charge in [0.15, 0.2) is 6.61 Å². The Kier molecular flexibility index (Phi) is 5.43. The fourth-order valence-corrected chi connectivity index (χ4v) is 2.53. The van der Waals surface area contributed by atoms with Gasteiger partial charge < -0.3 is 18.7 Å². The molecule has 0 amide bonds. The Morgan fingerprint density at radius 3 is 2.88 bits per heavy atom. The van der Waals surface area contributed by atoms with Gasteiger partial charge in [-0.2, -0.15) is 4.98 Å². The molecule has 1 aromatic carbocycles. The number of hydrogen-bond donors (Lipinski definition) is 0. The second-order valence-corrected chi connectivity index (χ2v) is 5.58. The van der Waals surface area contributed by atoms with Gasteiger partial charge in [-0.3, -0.25) is 4.79 Å². The number of esters is 1. The molecule has 1 aliphatic rings. The minimum atomic E-state index is -0.277. The zero-order valence-electron chi connectivity index (χ0n) is 13.6. The fraction of sp³-hybridized carbons (Fsp3) is 0.471. The summed E-state index contributed by atoms with van der Waals surface area (Å²) in [7, 11) is 1.60. The van der Waals surface area contributed by atoms with Crippen molar-refractivity contribution in [3.8, 4) is 17.2 Å². The van der Waals surface area contributed by atoms with Crippen LogP contribution < -0.4 is 4.74 Å². The van der Waals surface area contributed by atoms with E-state index in [4.69, 9.17) is 18.7 Å². The van der Waals surface area contributed by atoms with Gasteiger partial charge in [-0.15, -0.1) is 0 Å². The Morgan fingerprint density at radius 2 is 2.17 bits per heavy atom. The van der Waals surface area contributed by atoms with Crippen molar-refractivity contribution in [3.05, 3.63) is 30.1 Å². The lowest BCUT2D eigenvalue weighted by Crippen LogP contribution is -2.11. The highest BCUT2D eigenvalue weighted by Gasteiger charge is 2.17. The molecule has 0 radical (unpaired) electrons. The largest absolute Gasteiger partial charge is 0.497 e. The summed E-state index contributed by atoms with van der Waals surface area (Å²) in [6.45, 7) is 0.792. The average Bonchev–Trinajstić information content (AvgIpc) is 3.30. The number of ether oxygens (including phenoxy) is 3. The van der Waals surface area contributed by atoms with Crippen molar-refractivity contribution in [3.63, 3.8) is 0 Å². The third kappa shape index (κ3) is 4.32. The molecule has 24 heavy (non-hydrogen) atoms. The topological polar surface area (TPSA) is 83.7 Å². The van der Waals surface area contributed by atoms with Gasteiger partial charge in [0.2, 0.25) is 5.82 Å². The zero-order valence-corrected chi connectivity index (χ0v) is 13.6. The fourth-order valence-electron chi connectivity index (χ4n) is 2.53. The van der Waals surface area contributed by atoms with E-state index in [0.717, 1.165) is 30.8 Å². The van der Waals surface area contributed by atoms with Crippen LogP contribution in [-0.2, 0) is 20.9 Å². The van der Waals surface area contributed by atoms with Crippen molar-refractivity contribution in [2.45, 2.75) is 38.4 Å². The maximum atomic E-state index is 11.7. The van der Waals surface area contributed by atoms with E-state index in [2.05, 4.69) is 10.1 Å². The Hall–Kier alpha value is -2.41. The number of methoxy groups -OCH3 is 1. The molecule has 0 saturated carbocycles. The predicted octanol–water partition coefficient (Wildman–Crippen LogP) is 2.75. The molecule has 1 fully saturated rings. The summed E-state index contributed by atoms with van der Waals surface area (Å²) in [5, 5.41) is 3.83. The lowest BCUT2D eigenvalue weighted by Gasteiger charge is -2.07. The molecule has 2 aromatic rings. The quantitative estimate of drug-likeness (QED) is 0.721. The van der Waals surface area contributed by atoms with Crippen LogP contribution in [0.25, 0.3) is 11.5 Å². The van der Waals surface area contributed by atoms with Crippen LogP contribution in [0.15, 0.2) is 28.8 Å². The van der Waals surface area contributed by atoms with Crippen molar-refractivity contribution in [1.29, 1.82) is 0 Å². The molecule has 0 N–H and O–H groups in total. The van der Waals surface area contributed by atoms with E-state index in [9.17, 15) is 4.79 Å². The van der Waals surface area contributed by atoms with Crippen molar-refractivity contribution < 1.29 is 23.5 Å². The maximum Gasteiger partial charge on any atom is 0.306 e. The monoisotopic (exact) mass is 332 g/mol. The first-order valence-corrected chi connectivity index (χ1v) is 7.99. The van der Waals surface area contributed by atoms with E-state index < -0.39 is 0 Å². The number of aromatic nitrogens is 2. The van der Waals surface area contributed by atoms with Gasteiger partial charge in [0.05, 0.1) is 13.2 Å². The Bertz CT molecular complexity index is 662. The number of rotatable bonds is 7. The summed E-state index contributed by atoms with van der Waals surface area (Å²) in [4.78, 5) is 16.0. The Morgan fingerprint density at radius 1 is 1.33 bits per heavy atom. The van der Waals surface area contributed by atoms with Gasteiger partial charge in [0.1, 0.15) is 5.75 Å². The highest BCUT2D eigenvalue weighted by molar-refractivity contribution is 5.69. The number of nitrogens with zero attached hydrogens (tertiary/aromatic N) is 2. The van der Waals surface area contributed by atoms with Gasteiger partial charge in [0.25, 0.3) is 5.89 Å². The van der Waals surface area contributed by atoms with Gasteiger partial charge >= 0.3 is 5.97 Å². The van der Waals surface area contributed by atoms with Crippen LogP contribution in [0.2, 0.25) is 0 Å². The van der Waals surface area contributed by atoms with Crippen LogP contribution in [0.3, 0.4) is 0 Å². The van der Waals surface area contributed by atoms with Crippen molar-refractivity contribution in [2.75, 3.05) is 13.7 Å². The first kappa shape index (κ1) is 16.4. The molecule has 0 unspecified atom stereocenters. The summed E-state index contributed by atoms with van der Waals surface area (Å²) >= 11 is 0. The molecule has 0 aliphatic carbocycles. The molecule has 1 saturated heterocycles. The molecule has 128 valence electrons. The molecule has 7 nitrogen and oxygen atoms in total. The normalized spacial score (nSPS) is 17.0. The van der Waals surface area contributed by atoms with Gasteiger partial charge in [-0.05, 0) is 43.5 Å². The van der Waals surface area contributed by atoms with Crippen molar-refractivity contribution >= 4 is 5.97 Å². The van der Waals surface area contributed by atoms with E-state index in [1.54, 1.807) is 7.11 Å². The first-order chi connectivity index (χ1) is 11.7. The van der Waals surface area contributed by atoms with Gasteiger partial charge in [0, 0.05) is 18.6 Å². The van der Waals surface area contributed by atoms with E-state index in [1.165, 1.54) is 0 Å². The molecule has 1 aromatic heterocycles. The van der Waals surface area contributed by atoms with Crippen molar-refractivity contribution in [2.24, 2.45) is 0 Å². The van der Waals surface area contributed by atoms with E-state index in [0.29, 0.717) is 24.6 Å². The smallest absolute Gasteiger partial charge is 0.306 e. The molecule has 7 heteroatoms. The number of carbonyl (C=O) groups excluding carboxylic acids is 1. The highest BCUT2D eigenvalue weighted by Crippen LogP contribution is 2.21. The minimum Gasteiger partial charge on any atom is -0.497 e. The standard InChI is InChI=1S/C17H20N2O5/c1-21-13-6-4-12(5-7-13)17-18-15(19-24-17)11-23-16(20)9-8-14-3-2-10-22-14/h4-7,14H,2-3,8-11H2,1H3/t14-/m1/s1. The molecule has 0 spiro atoms. The summed E-state index contributed by atoms with van der Waals surface area (Å²) in [5.41, 5.74) is 0.777. The molecule has 0 bridgehead atoms. The first-order valence-electron chi connectivity index (χ1n) is 7.99. The average molecular weight is 332 g/mol. The van der Waals surface area contributed by atoms with Gasteiger partial charge in [-0.1, -0.05) is 5.16 Å². The van der Waals surface area contributed by atoms with E-state index >= 15 is 0 Å². The number of hydrogen-bond acceptors (Lipinski definition) is 7. The number of carbonyl (C=O) groups is 1. The number of benzene rings is 1. The summed E-state index contributed by atoms with van der Waals surface area (Å²) < 4.78 is 20.9. The van der Waals surface area contributed by atoms with Crippen LogP contribution >= 0.6 is 0 Å². The predicted molar refractivity (Wildman–Crippen MR) is 84.3 cm³/mol. The summed E-state index contributed by atoms with van der Waals surface area (Å²) in [5.74, 6) is 1.19. The molecule has 2 heterocycles. The van der Waals surface area contributed by atoms with Gasteiger partial charge in [-0.25, -0.2) is 0 Å². The lowest BCUT2D eigenvalue weighted by molar-refractivity contribution is -0.145. The Labute approximate surface area is 139 Å². The van der Waals surface area contributed by atoms with Crippen LogP contribution in [0.4, 0.5) is 0 Å². The summed E-state index contributed by atoms with van der Waals surface area (Å²) in [6.07, 6.45) is 3.31. The maximum absolute atomic E-state index is 11.7. The van der Waals surface area contributed by atoms with Crippen LogP contribution in [0, 0.1) is 0 Å². The third-order valence-corrected chi connectivity index (χ3v) is 3.86. The highest BCUT2D eigenvalue weighted by atomic mass is 16.5. The Balaban J connectivity index is 1.47. The minimum absolute atomic E-state index is 0.00398. The molecule has 1 aliphatic heterocycles. The zero-order chi connectivity index (χ0) is 16.8. The van der Waals surface area contributed by atoms with E-state index in [-0.39, 0.29) is 18.7 Å². The SMILES string of the molecule is COc1ccc(-c2nc(COC(=O)CC[C@H]3CCCO3)no2)cc1. The molecular formula is C17H20N2O5. The van der Waals surface area contributed by atoms with Crippen LogP contribution in [0.5, 0.6) is 5.75 Å². The molecule has 1 atom stereocenters. The van der Waals surface area contributed by atoms with E-state index in [1.807, 2.05) is 24.3 Å². The lowest BCUT2D eigenvalue weighted by atomic mass is 10.1. The van der Waals surface area contributed by atoms with Crippen LogP contribution in [-0.4, -0.2) is 35.9 Å². The van der Waals surface area contributed by atoms with Crippen LogP contribution in [0.1, 0.15) is 31.5 Å². The van der Waals surface area contributed by atoms with Crippen molar-refractivity contribution in [1.82, 2.24) is 10.1 Å². The third-order valence-electron chi connectivity index (χ3n) is 3.86. The molecular weight excluding hydrogens is 312 g/mol.